The quantitative estimate of drug-likeness (QED) is 0.820. The van der Waals surface area contributed by atoms with Crippen molar-refractivity contribution in [2.24, 2.45) is 0 Å². The lowest BCUT2D eigenvalue weighted by Crippen LogP contribution is -2.27. The fourth-order valence-corrected chi connectivity index (χ4v) is 2.95. The summed E-state index contributed by atoms with van der Waals surface area (Å²) < 4.78 is 31.1. The van der Waals surface area contributed by atoms with Crippen LogP contribution in [0.5, 0.6) is 0 Å². The molecule has 0 fully saturated rings. The Morgan fingerprint density at radius 3 is 2.65 bits per heavy atom. The van der Waals surface area contributed by atoms with Crippen LogP contribution in [0.2, 0.25) is 10.0 Å². The molecule has 0 aromatic heterocycles. The van der Waals surface area contributed by atoms with E-state index in [1.165, 1.54) is 18.2 Å². The van der Waals surface area contributed by atoms with E-state index in [9.17, 15) is 8.42 Å². The first-order chi connectivity index (χ1) is 7.97. The number of hydrogen-bond acceptors (Lipinski definition) is 3. The summed E-state index contributed by atoms with van der Waals surface area (Å²) in [5.41, 5.74) is 0. The molecule has 0 saturated heterocycles. The van der Waals surface area contributed by atoms with Crippen LogP contribution >= 0.6 is 23.2 Å². The summed E-state index contributed by atoms with van der Waals surface area (Å²) in [5.74, 6) is 0. The Balaban J connectivity index is 2.76. The maximum Gasteiger partial charge on any atom is 0.242 e. The van der Waals surface area contributed by atoms with Crippen LogP contribution < -0.4 is 4.72 Å². The molecule has 1 aromatic carbocycles. The van der Waals surface area contributed by atoms with Crippen LogP contribution in [0, 0.1) is 0 Å². The molecule has 0 radical (unpaired) electrons. The number of halogens is 2. The molecule has 0 atom stereocenters. The van der Waals surface area contributed by atoms with Gasteiger partial charge in [0.25, 0.3) is 0 Å². The molecule has 0 bridgehead atoms. The van der Waals surface area contributed by atoms with Gasteiger partial charge >= 0.3 is 0 Å². The van der Waals surface area contributed by atoms with Gasteiger partial charge in [-0.1, -0.05) is 23.2 Å². The fraction of sp³-hybridized carbons (Fsp3) is 0.400. The topological polar surface area (TPSA) is 55.4 Å². The summed E-state index contributed by atoms with van der Waals surface area (Å²) in [4.78, 5) is 0.0139. The van der Waals surface area contributed by atoms with Gasteiger partial charge in [0.05, 0.1) is 11.6 Å². The van der Waals surface area contributed by atoms with Gasteiger partial charge in [-0.2, -0.15) is 0 Å². The summed E-state index contributed by atoms with van der Waals surface area (Å²) in [6.07, 6.45) is 0. The molecule has 0 aliphatic heterocycles. The Morgan fingerprint density at radius 2 is 2.06 bits per heavy atom. The molecule has 0 aliphatic rings. The van der Waals surface area contributed by atoms with Crippen molar-refractivity contribution in [3.63, 3.8) is 0 Å². The van der Waals surface area contributed by atoms with Crippen molar-refractivity contribution in [1.82, 2.24) is 4.72 Å². The zero-order chi connectivity index (χ0) is 12.9. The second kappa shape index (κ2) is 6.56. The largest absolute Gasteiger partial charge is 0.380 e. The van der Waals surface area contributed by atoms with E-state index in [1.54, 1.807) is 0 Å². The van der Waals surface area contributed by atoms with Gasteiger partial charge in [0.2, 0.25) is 10.0 Å². The van der Waals surface area contributed by atoms with Crippen LogP contribution in [0.15, 0.2) is 23.1 Å². The lowest BCUT2D eigenvalue weighted by Gasteiger charge is -2.08. The van der Waals surface area contributed by atoms with E-state index < -0.39 is 10.0 Å². The van der Waals surface area contributed by atoms with Gasteiger partial charge in [-0.05, 0) is 25.1 Å². The van der Waals surface area contributed by atoms with E-state index >= 15 is 0 Å². The van der Waals surface area contributed by atoms with Crippen molar-refractivity contribution in [3.05, 3.63) is 28.2 Å². The SMILES string of the molecule is CCOCCNS(=O)(=O)c1ccc(Cl)cc1Cl. The summed E-state index contributed by atoms with van der Waals surface area (Å²) in [5, 5.41) is 0.490. The van der Waals surface area contributed by atoms with Crippen molar-refractivity contribution < 1.29 is 13.2 Å². The molecule has 0 aliphatic carbocycles. The highest BCUT2D eigenvalue weighted by Crippen LogP contribution is 2.24. The van der Waals surface area contributed by atoms with E-state index in [4.69, 9.17) is 27.9 Å². The Kier molecular flexibility index (Phi) is 5.69. The Hall–Kier alpha value is -0.330. The molecule has 0 amide bonds. The third-order valence-corrected chi connectivity index (χ3v) is 4.11. The molecule has 1 aromatic rings. The summed E-state index contributed by atoms with van der Waals surface area (Å²) >= 11 is 11.5. The highest BCUT2D eigenvalue weighted by Gasteiger charge is 2.17. The Morgan fingerprint density at radius 1 is 1.35 bits per heavy atom. The van der Waals surface area contributed by atoms with Crippen molar-refractivity contribution in [1.29, 1.82) is 0 Å². The average molecular weight is 298 g/mol. The number of ether oxygens (including phenoxy) is 1. The molecular formula is C10H13Cl2NO3S. The van der Waals surface area contributed by atoms with Crippen molar-refractivity contribution >= 4 is 33.2 Å². The number of sulfonamides is 1. The second-order valence-corrected chi connectivity index (χ2v) is 5.75. The second-order valence-electron chi connectivity index (χ2n) is 3.17. The minimum absolute atomic E-state index is 0.0139. The van der Waals surface area contributed by atoms with Gasteiger partial charge in [-0.15, -0.1) is 0 Å². The molecule has 0 heterocycles. The van der Waals surface area contributed by atoms with Gasteiger partial charge in [-0.25, -0.2) is 13.1 Å². The predicted molar refractivity (Wildman–Crippen MR) is 68.1 cm³/mol. The number of nitrogens with one attached hydrogen (secondary N) is 1. The molecule has 0 unspecified atom stereocenters. The standard InChI is InChI=1S/C10H13Cl2NO3S/c1-2-16-6-5-13-17(14,15)10-4-3-8(11)7-9(10)12/h3-4,7,13H,2,5-6H2,1H3. The van der Waals surface area contributed by atoms with Crippen LogP contribution in [0.3, 0.4) is 0 Å². The molecule has 1 rings (SSSR count). The van der Waals surface area contributed by atoms with Crippen LogP contribution in [0.4, 0.5) is 0 Å². The highest BCUT2D eigenvalue weighted by atomic mass is 35.5. The first-order valence-corrected chi connectivity index (χ1v) is 7.23. The third kappa shape index (κ3) is 4.44. The number of hydrogen-bond donors (Lipinski definition) is 1. The lowest BCUT2D eigenvalue weighted by molar-refractivity contribution is 0.153. The zero-order valence-electron chi connectivity index (χ0n) is 9.24. The van der Waals surface area contributed by atoms with Crippen molar-refractivity contribution in [2.45, 2.75) is 11.8 Å². The van der Waals surface area contributed by atoms with E-state index in [-0.39, 0.29) is 16.5 Å². The summed E-state index contributed by atoms with van der Waals surface area (Å²) in [7, 11) is -3.61. The summed E-state index contributed by atoms with van der Waals surface area (Å²) in [6, 6.07) is 4.23. The molecule has 96 valence electrons. The average Bonchev–Trinajstić information content (AvgIpc) is 2.24. The van der Waals surface area contributed by atoms with E-state index in [2.05, 4.69) is 4.72 Å². The summed E-state index contributed by atoms with van der Waals surface area (Å²) in [6.45, 7) is 2.91. The van der Waals surface area contributed by atoms with Crippen molar-refractivity contribution in [3.8, 4) is 0 Å². The normalized spacial score (nSPS) is 11.7. The molecular weight excluding hydrogens is 285 g/mol. The van der Waals surface area contributed by atoms with Gasteiger partial charge in [0, 0.05) is 18.2 Å². The highest BCUT2D eigenvalue weighted by molar-refractivity contribution is 7.89. The third-order valence-electron chi connectivity index (χ3n) is 1.93. The van der Waals surface area contributed by atoms with E-state index in [0.717, 1.165) is 0 Å². The van der Waals surface area contributed by atoms with Gasteiger partial charge in [0.1, 0.15) is 4.90 Å². The van der Waals surface area contributed by atoms with Crippen LogP contribution in [-0.2, 0) is 14.8 Å². The molecule has 7 heteroatoms. The zero-order valence-corrected chi connectivity index (χ0v) is 11.6. The van der Waals surface area contributed by atoms with Crippen LogP contribution in [0.25, 0.3) is 0 Å². The molecule has 0 spiro atoms. The van der Waals surface area contributed by atoms with Crippen LogP contribution in [0.1, 0.15) is 6.92 Å². The van der Waals surface area contributed by atoms with Gasteiger partial charge in [0.15, 0.2) is 0 Å². The minimum Gasteiger partial charge on any atom is -0.380 e. The van der Waals surface area contributed by atoms with Crippen molar-refractivity contribution in [2.75, 3.05) is 19.8 Å². The number of rotatable bonds is 6. The van der Waals surface area contributed by atoms with Crippen LogP contribution in [-0.4, -0.2) is 28.2 Å². The van der Waals surface area contributed by atoms with Gasteiger partial charge in [-0.3, -0.25) is 0 Å². The molecule has 4 nitrogen and oxygen atoms in total. The monoisotopic (exact) mass is 297 g/mol. The number of benzene rings is 1. The molecule has 1 N–H and O–H groups in total. The van der Waals surface area contributed by atoms with E-state index in [1.807, 2.05) is 6.92 Å². The maximum atomic E-state index is 11.8. The predicted octanol–water partition coefficient (Wildman–Crippen LogP) is 2.31. The fourth-order valence-electron chi connectivity index (χ4n) is 1.16. The Bertz CT molecular complexity index is 476. The van der Waals surface area contributed by atoms with Gasteiger partial charge < -0.3 is 4.74 Å². The minimum atomic E-state index is -3.61. The molecule has 17 heavy (non-hydrogen) atoms. The van der Waals surface area contributed by atoms with E-state index in [0.29, 0.717) is 18.2 Å². The first-order valence-electron chi connectivity index (χ1n) is 5.00. The molecule has 0 saturated carbocycles. The lowest BCUT2D eigenvalue weighted by atomic mass is 10.4. The smallest absolute Gasteiger partial charge is 0.242 e. The first kappa shape index (κ1) is 14.7. The maximum absolute atomic E-state index is 11.8. The Labute approximate surface area is 111 Å².